The smallest absolute Gasteiger partial charge is 0.0689 e. The highest BCUT2D eigenvalue weighted by Crippen LogP contribution is 2.45. The monoisotopic (exact) mass is 331 g/mol. The van der Waals surface area contributed by atoms with Crippen LogP contribution in [0, 0.1) is 34.5 Å². The standard InChI is InChI=1S/C23H41N/c1-3-5-6-8-21-13-16-23(19-24,17-14-21)18-15-22-11-9-20(7-4-2)10-12-22/h20-22H,3-18H2,1-2H3. The van der Waals surface area contributed by atoms with Crippen molar-refractivity contribution < 1.29 is 0 Å². The lowest BCUT2D eigenvalue weighted by Crippen LogP contribution is -2.27. The van der Waals surface area contributed by atoms with Crippen molar-refractivity contribution in [3.8, 4) is 6.07 Å². The maximum absolute atomic E-state index is 9.83. The van der Waals surface area contributed by atoms with Crippen molar-refractivity contribution in [3.63, 3.8) is 0 Å². The van der Waals surface area contributed by atoms with E-state index in [1.165, 1.54) is 103 Å². The van der Waals surface area contributed by atoms with Crippen molar-refractivity contribution in [3.05, 3.63) is 0 Å². The average Bonchev–Trinajstić information content (AvgIpc) is 2.63. The van der Waals surface area contributed by atoms with E-state index in [0.717, 1.165) is 17.8 Å². The molecular formula is C23H41N. The molecule has 0 heterocycles. The summed E-state index contributed by atoms with van der Waals surface area (Å²) >= 11 is 0. The number of rotatable bonds is 9. The molecule has 0 bridgehead atoms. The molecule has 0 aromatic carbocycles. The van der Waals surface area contributed by atoms with E-state index >= 15 is 0 Å². The zero-order valence-corrected chi connectivity index (χ0v) is 16.5. The summed E-state index contributed by atoms with van der Waals surface area (Å²) in [5.74, 6) is 2.85. The van der Waals surface area contributed by atoms with Crippen LogP contribution in [0.4, 0.5) is 0 Å². The SMILES string of the molecule is CCCCCC1CCC(C#N)(CCC2CCC(CCC)CC2)CC1. The van der Waals surface area contributed by atoms with Gasteiger partial charge in [0.15, 0.2) is 0 Å². The number of nitriles is 1. The number of hydrogen-bond donors (Lipinski definition) is 0. The number of unbranched alkanes of at least 4 members (excludes halogenated alkanes) is 2. The van der Waals surface area contributed by atoms with Crippen LogP contribution in [0.15, 0.2) is 0 Å². The van der Waals surface area contributed by atoms with Gasteiger partial charge in [-0.1, -0.05) is 78.1 Å². The summed E-state index contributed by atoms with van der Waals surface area (Å²) in [4.78, 5) is 0. The van der Waals surface area contributed by atoms with Gasteiger partial charge in [-0.05, 0) is 56.3 Å². The third kappa shape index (κ3) is 6.09. The van der Waals surface area contributed by atoms with Crippen molar-refractivity contribution in [1.82, 2.24) is 0 Å². The fourth-order valence-electron chi connectivity index (χ4n) is 5.32. The average molecular weight is 332 g/mol. The second-order valence-corrected chi connectivity index (χ2v) is 9.05. The van der Waals surface area contributed by atoms with Gasteiger partial charge in [-0.3, -0.25) is 0 Å². The molecule has 0 saturated heterocycles. The van der Waals surface area contributed by atoms with Crippen molar-refractivity contribution in [2.24, 2.45) is 23.2 Å². The Balaban J connectivity index is 1.68. The van der Waals surface area contributed by atoms with Gasteiger partial charge in [0.2, 0.25) is 0 Å². The first-order valence-corrected chi connectivity index (χ1v) is 11.1. The molecule has 24 heavy (non-hydrogen) atoms. The first-order valence-electron chi connectivity index (χ1n) is 11.1. The Labute approximate surface area is 151 Å². The molecule has 0 N–H and O–H groups in total. The Morgan fingerprint density at radius 3 is 1.88 bits per heavy atom. The molecule has 2 aliphatic carbocycles. The molecule has 0 aromatic rings. The Morgan fingerprint density at radius 2 is 1.33 bits per heavy atom. The van der Waals surface area contributed by atoms with Crippen LogP contribution in [0.1, 0.15) is 117 Å². The normalized spacial score (nSPS) is 34.0. The van der Waals surface area contributed by atoms with E-state index in [0.29, 0.717) is 0 Å². The van der Waals surface area contributed by atoms with E-state index in [2.05, 4.69) is 19.9 Å². The molecule has 2 fully saturated rings. The number of nitrogens with zero attached hydrogens (tertiary/aromatic N) is 1. The van der Waals surface area contributed by atoms with E-state index in [9.17, 15) is 5.26 Å². The van der Waals surface area contributed by atoms with Crippen LogP contribution in [0.3, 0.4) is 0 Å². The topological polar surface area (TPSA) is 23.8 Å². The van der Waals surface area contributed by atoms with Crippen LogP contribution in [0.2, 0.25) is 0 Å². The summed E-state index contributed by atoms with van der Waals surface area (Å²) in [6.07, 6.45) is 21.6. The van der Waals surface area contributed by atoms with Crippen LogP contribution in [0.5, 0.6) is 0 Å². The van der Waals surface area contributed by atoms with E-state index < -0.39 is 0 Å². The number of hydrogen-bond acceptors (Lipinski definition) is 1. The molecular weight excluding hydrogens is 290 g/mol. The van der Waals surface area contributed by atoms with Gasteiger partial charge in [0, 0.05) is 0 Å². The highest BCUT2D eigenvalue weighted by atomic mass is 14.4. The molecule has 0 spiro atoms. The van der Waals surface area contributed by atoms with Crippen molar-refractivity contribution in [1.29, 1.82) is 5.26 Å². The summed E-state index contributed by atoms with van der Waals surface area (Å²) in [6.45, 7) is 4.61. The summed E-state index contributed by atoms with van der Waals surface area (Å²) in [6, 6.07) is 2.77. The van der Waals surface area contributed by atoms with Gasteiger partial charge in [-0.15, -0.1) is 0 Å². The van der Waals surface area contributed by atoms with Gasteiger partial charge < -0.3 is 0 Å². The highest BCUT2D eigenvalue weighted by molar-refractivity contribution is 5.01. The lowest BCUT2D eigenvalue weighted by molar-refractivity contribution is 0.163. The Hall–Kier alpha value is -0.510. The summed E-state index contributed by atoms with van der Waals surface area (Å²) in [7, 11) is 0. The molecule has 0 aromatic heterocycles. The van der Waals surface area contributed by atoms with Gasteiger partial charge >= 0.3 is 0 Å². The first-order chi connectivity index (χ1) is 11.7. The molecule has 0 aliphatic heterocycles. The molecule has 0 atom stereocenters. The van der Waals surface area contributed by atoms with E-state index in [-0.39, 0.29) is 5.41 Å². The molecule has 0 amide bonds. The summed E-state index contributed by atoms with van der Waals surface area (Å²) < 4.78 is 0. The molecule has 0 radical (unpaired) electrons. The summed E-state index contributed by atoms with van der Waals surface area (Å²) in [5.41, 5.74) is 0.0432. The second-order valence-electron chi connectivity index (χ2n) is 9.05. The third-order valence-corrected chi connectivity index (χ3v) is 7.21. The minimum absolute atomic E-state index is 0.0432. The second kappa shape index (κ2) is 10.5. The minimum atomic E-state index is 0.0432. The Bertz CT molecular complexity index is 364. The molecule has 2 aliphatic rings. The van der Waals surface area contributed by atoms with E-state index in [1.54, 1.807) is 0 Å². The van der Waals surface area contributed by atoms with Gasteiger partial charge in [0.05, 0.1) is 11.5 Å². The van der Waals surface area contributed by atoms with E-state index in [1.807, 2.05) is 0 Å². The fraction of sp³-hybridized carbons (Fsp3) is 0.957. The summed E-state index contributed by atoms with van der Waals surface area (Å²) in [5, 5.41) is 9.83. The van der Waals surface area contributed by atoms with Gasteiger partial charge in [-0.2, -0.15) is 5.26 Å². The molecule has 1 nitrogen and oxygen atoms in total. The largest absolute Gasteiger partial charge is 0.198 e. The minimum Gasteiger partial charge on any atom is -0.198 e. The molecule has 0 unspecified atom stereocenters. The van der Waals surface area contributed by atoms with Crippen LogP contribution >= 0.6 is 0 Å². The molecule has 2 saturated carbocycles. The highest BCUT2D eigenvalue weighted by Gasteiger charge is 2.35. The van der Waals surface area contributed by atoms with Crippen LogP contribution in [-0.4, -0.2) is 0 Å². The van der Waals surface area contributed by atoms with Gasteiger partial charge in [0.1, 0.15) is 0 Å². The zero-order chi connectivity index (χ0) is 17.3. The Morgan fingerprint density at radius 1 is 0.750 bits per heavy atom. The van der Waals surface area contributed by atoms with Crippen molar-refractivity contribution >= 4 is 0 Å². The van der Waals surface area contributed by atoms with Gasteiger partial charge in [0.25, 0.3) is 0 Å². The van der Waals surface area contributed by atoms with Crippen LogP contribution < -0.4 is 0 Å². The molecule has 1 heteroatoms. The Kier molecular flexibility index (Phi) is 8.65. The lowest BCUT2D eigenvalue weighted by atomic mass is 9.66. The third-order valence-electron chi connectivity index (χ3n) is 7.21. The zero-order valence-electron chi connectivity index (χ0n) is 16.5. The maximum atomic E-state index is 9.83. The first kappa shape index (κ1) is 19.8. The molecule has 2 rings (SSSR count). The predicted molar refractivity (Wildman–Crippen MR) is 104 cm³/mol. The maximum Gasteiger partial charge on any atom is 0.0689 e. The van der Waals surface area contributed by atoms with Crippen molar-refractivity contribution in [2.75, 3.05) is 0 Å². The predicted octanol–water partition coefficient (Wildman–Crippen LogP) is 7.65. The molecule has 138 valence electrons. The lowest BCUT2D eigenvalue weighted by Gasteiger charge is -2.37. The fourth-order valence-corrected chi connectivity index (χ4v) is 5.32. The quantitative estimate of drug-likeness (QED) is 0.398. The van der Waals surface area contributed by atoms with Gasteiger partial charge in [-0.25, -0.2) is 0 Å². The van der Waals surface area contributed by atoms with Crippen LogP contribution in [-0.2, 0) is 0 Å². The van der Waals surface area contributed by atoms with Crippen LogP contribution in [0.25, 0.3) is 0 Å². The van der Waals surface area contributed by atoms with E-state index in [4.69, 9.17) is 0 Å². The van der Waals surface area contributed by atoms with Crippen molar-refractivity contribution in [2.45, 2.75) is 117 Å².